The molecule has 2 heterocycles. The summed E-state index contributed by atoms with van der Waals surface area (Å²) in [6.07, 6.45) is 0.763. The Labute approximate surface area is 107 Å². The molecule has 0 aliphatic carbocycles. The third-order valence-corrected chi connectivity index (χ3v) is 3.22. The van der Waals surface area contributed by atoms with Crippen LogP contribution in [0, 0.1) is 0 Å². The van der Waals surface area contributed by atoms with Crippen molar-refractivity contribution in [2.24, 2.45) is 0 Å². The Hall–Kier alpha value is -1.46. The molecule has 0 bridgehead atoms. The number of amides is 2. The van der Waals surface area contributed by atoms with Crippen LogP contribution in [0.4, 0.5) is 9.59 Å². The second-order valence-corrected chi connectivity index (χ2v) is 5.95. The standard InChI is InChI=1S/C12H20N2O4/c1-11(2,3)18-10(16)14-6-4-12(5-7-14)8-17-9(15)13-12/h4-8H2,1-3H3,(H,13,15). The van der Waals surface area contributed by atoms with Crippen LogP contribution in [0.15, 0.2) is 0 Å². The summed E-state index contributed by atoms with van der Waals surface area (Å²) in [4.78, 5) is 24.6. The highest BCUT2D eigenvalue weighted by atomic mass is 16.6. The van der Waals surface area contributed by atoms with E-state index in [2.05, 4.69) is 5.32 Å². The molecule has 0 aromatic heterocycles. The van der Waals surface area contributed by atoms with E-state index in [0.717, 1.165) is 0 Å². The van der Waals surface area contributed by atoms with Crippen LogP contribution in [-0.4, -0.2) is 47.9 Å². The number of cyclic esters (lactones) is 1. The highest BCUT2D eigenvalue weighted by molar-refractivity contribution is 5.71. The quantitative estimate of drug-likeness (QED) is 0.713. The van der Waals surface area contributed by atoms with Crippen LogP contribution in [0.3, 0.4) is 0 Å². The van der Waals surface area contributed by atoms with Gasteiger partial charge in [-0.1, -0.05) is 0 Å². The van der Waals surface area contributed by atoms with E-state index in [0.29, 0.717) is 32.5 Å². The summed E-state index contributed by atoms with van der Waals surface area (Å²) in [6.45, 7) is 7.11. The summed E-state index contributed by atoms with van der Waals surface area (Å²) >= 11 is 0. The first-order valence-corrected chi connectivity index (χ1v) is 6.23. The normalized spacial score (nSPS) is 22.6. The molecule has 2 amide bonds. The van der Waals surface area contributed by atoms with Gasteiger partial charge in [-0.2, -0.15) is 0 Å². The van der Waals surface area contributed by atoms with Crippen LogP contribution in [0.25, 0.3) is 0 Å². The lowest BCUT2D eigenvalue weighted by Gasteiger charge is -2.37. The molecule has 2 rings (SSSR count). The highest BCUT2D eigenvalue weighted by Gasteiger charge is 2.43. The second-order valence-electron chi connectivity index (χ2n) is 5.95. The van der Waals surface area contributed by atoms with Gasteiger partial charge in [0.25, 0.3) is 0 Å². The van der Waals surface area contributed by atoms with Crippen molar-refractivity contribution in [3.05, 3.63) is 0 Å². The number of rotatable bonds is 0. The topological polar surface area (TPSA) is 67.9 Å². The van der Waals surface area contributed by atoms with Gasteiger partial charge >= 0.3 is 12.2 Å². The molecule has 0 aromatic carbocycles. The number of alkyl carbamates (subject to hydrolysis) is 1. The van der Waals surface area contributed by atoms with Crippen LogP contribution in [-0.2, 0) is 9.47 Å². The summed E-state index contributed by atoms with van der Waals surface area (Å²) in [5.74, 6) is 0. The number of piperidine rings is 1. The zero-order chi connectivity index (χ0) is 13.4. The predicted octanol–water partition coefficient (Wildman–Crippen LogP) is 1.50. The van der Waals surface area contributed by atoms with Crippen molar-refractivity contribution < 1.29 is 19.1 Å². The van der Waals surface area contributed by atoms with E-state index in [-0.39, 0.29) is 17.7 Å². The van der Waals surface area contributed by atoms with E-state index in [9.17, 15) is 9.59 Å². The van der Waals surface area contributed by atoms with Crippen LogP contribution in [0.5, 0.6) is 0 Å². The molecule has 2 aliphatic heterocycles. The van der Waals surface area contributed by atoms with Crippen molar-refractivity contribution in [1.29, 1.82) is 0 Å². The molecule has 1 N–H and O–H groups in total. The van der Waals surface area contributed by atoms with E-state index in [4.69, 9.17) is 9.47 Å². The Morgan fingerprint density at radius 3 is 2.44 bits per heavy atom. The minimum absolute atomic E-state index is 0.282. The number of likely N-dealkylation sites (tertiary alicyclic amines) is 1. The molecule has 2 saturated heterocycles. The van der Waals surface area contributed by atoms with E-state index in [1.165, 1.54) is 0 Å². The molecule has 0 saturated carbocycles. The number of carbonyl (C=O) groups is 2. The molecule has 2 aliphatic rings. The van der Waals surface area contributed by atoms with Gasteiger partial charge in [0.2, 0.25) is 0 Å². The van der Waals surface area contributed by atoms with Gasteiger partial charge in [-0.3, -0.25) is 0 Å². The number of nitrogens with one attached hydrogen (secondary N) is 1. The minimum Gasteiger partial charge on any atom is -0.447 e. The summed E-state index contributed by atoms with van der Waals surface area (Å²) in [5, 5.41) is 2.84. The van der Waals surface area contributed by atoms with E-state index >= 15 is 0 Å². The predicted molar refractivity (Wildman–Crippen MR) is 64.3 cm³/mol. The molecule has 2 fully saturated rings. The Kier molecular flexibility index (Phi) is 3.12. The first-order chi connectivity index (χ1) is 8.30. The lowest BCUT2D eigenvalue weighted by Crippen LogP contribution is -2.54. The van der Waals surface area contributed by atoms with Gasteiger partial charge in [-0.25, -0.2) is 9.59 Å². The van der Waals surface area contributed by atoms with Crippen molar-refractivity contribution in [3.63, 3.8) is 0 Å². The molecular weight excluding hydrogens is 236 g/mol. The van der Waals surface area contributed by atoms with Crippen LogP contribution in [0.1, 0.15) is 33.6 Å². The molecule has 0 unspecified atom stereocenters. The molecule has 6 nitrogen and oxygen atoms in total. The first kappa shape index (κ1) is 13.0. The zero-order valence-electron chi connectivity index (χ0n) is 11.1. The lowest BCUT2D eigenvalue weighted by molar-refractivity contribution is 0.0151. The number of hydrogen-bond acceptors (Lipinski definition) is 4. The molecule has 6 heteroatoms. The van der Waals surface area contributed by atoms with Gasteiger partial charge in [0.1, 0.15) is 12.2 Å². The Balaban J connectivity index is 1.87. The molecule has 1 spiro atoms. The fourth-order valence-corrected chi connectivity index (χ4v) is 2.21. The van der Waals surface area contributed by atoms with Gasteiger partial charge in [-0.05, 0) is 33.6 Å². The van der Waals surface area contributed by atoms with Gasteiger partial charge in [0.05, 0.1) is 5.54 Å². The van der Waals surface area contributed by atoms with Crippen molar-refractivity contribution >= 4 is 12.2 Å². The number of ether oxygens (including phenoxy) is 2. The summed E-state index contributed by atoms with van der Waals surface area (Å²) < 4.78 is 10.3. The molecule has 102 valence electrons. The van der Waals surface area contributed by atoms with Gasteiger partial charge < -0.3 is 19.7 Å². The summed E-state index contributed by atoms with van der Waals surface area (Å²) in [6, 6.07) is 0. The van der Waals surface area contributed by atoms with Gasteiger partial charge in [0.15, 0.2) is 0 Å². The number of nitrogens with zero attached hydrogens (tertiary/aromatic N) is 1. The van der Waals surface area contributed by atoms with Crippen molar-refractivity contribution in [2.75, 3.05) is 19.7 Å². The van der Waals surface area contributed by atoms with Gasteiger partial charge in [-0.15, -0.1) is 0 Å². The number of hydrogen-bond donors (Lipinski definition) is 1. The zero-order valence-corrected chi connectivity index (χ0v) is 11.1. The largest absolute Gasteiger partial charge is 0.447 e. The van der Waals surface area contributed by atoms with Crippen molar-refractivity contribution in [3.8, 4) is 0 Å². The molecular formula is C12H20N2O4. The molecule has 0 aromatic rings. The van der Waals surface area contributed by atoms with E-state index in [1.54, 1.807) is 4.90 Å². The Morgan fingerprint density at radius 2 is 2.00 bits per heavy atom. The SMILES string of the molecule is CC(C)(C)OC(=O)N1CCC2(CC1)COC(=O)N2. The maximum Gasteiger partial charge on any atom is 0.410 e. The second kappa shape index (κ2) is 4.33. The summed E-state index contributed by atoms with van der Waals surface area (Å²) in [5.41, 5.74) is -0.757. The smallest absolute Gasteiger partial charge is 0.410 e. The maximum absolute atomic E-state index is 11.9. The third kappa shape index (κ3) is 2.86. The van der Waals surface area contributed by atoms with Crippen LogP contribution >= 0.6 is 0 Å². The maximum atomic E-state index is 11.9. The highest BCUT2D eigenvalue weighted by Crippen LogP contribution is 2.27. The third-order valence-electron chi connectivity index (χ3n) is 3.22. The average molecular weight is 256 g/mol. The molecule has 0 atom stereocenters. The van der Waals surface area contributed by atoms with Gasteiger partial charge in [0, 0.05) is 13.1 Å². The Bertz CT molecular complexity index is 354. The van der Waals surface area contributed by atoms with Crippen molar-refractivity contribution in [1.82, 2.24) is 10.2 Å². The Morgan fingerprint density at radius 1 is 1.39 bits per heavy atom. The summed E-state index contributed by atoms with van der Waals surface area (Å²) in [7, 11) is 0. The lowest BCUT2D eigenvalue weighted by atomic mass is 9.89. The first-order valence-electron chi connectivity index (χ1n) is 6.23. The number of carbonyl (C=O) groups excluding carboxylic acids is 2. The molecule has 18 heavy (non-hydrogen) atoms. The average Bonchev–Trinajstić information content (AvgIpc) is 2.58. The van der Waals surface area contributed by atoms with Crippen LogP contribution in [0.2, 0.25) is 0 Å². The monoisotopic (exact) mass is 256 g/mol. The van der Waals surface area contributed by atoms with E-state index in [1.807, 2.05) is 20.8 Å². The fraction of sp³-hybridized carbons (Fsp3) is 0.833. The van der Waals surface area contributed by atoms with Crippen LogP contribution < -0.4 is 5.32 Å². The molecule has 0 radical (unpaired) electrons. The fourth-order valence-electron chi connectivity index (χ4n) is 2.21. The minimum atomic E-state index is -0.475. The van der Waals surface area contributed by atoms with Crippen molar-refractivity contribution in [2.45, 2.75) is 44.8 Å². The van der Waals surface area contributed by atoms with E-state index < -0.39 is 5.60 Å².